The Labute approximate surface area is 94.4 Å². The molecule has 1 N–H and O–H groups in total. The molecule has 0 bridgehead atoms. The summed E-state index contributed by atoms with van der Waals surface area (Å²) < 4.78 is 0. The molecule has 0 aromatic carbocycles. The molecule has 5 nitrogen and oxygen atoms in total. The van der Waals surface area contributed by atoms with Gasteiger partial charge in [-0.2, -0.15) is 5.26 Å². The molecule has 0 aliphatic heterocycles. The fourth-order valence-corrected chi connectivity index (χ4v) is 1.82. The number of aliphatic hydroxyl groups excluding tert-OH is 1. The van der Waals surface area contributed by atoms with E-state index in [-0.39, 0.29) is 6.61 Å². The minimum atomic E-state index is 0.109. The normalized spacial score (nSPS) is 15.2. The molecule has 0 radical (unpaired) electrons. The maximum absolute atomic E-state index is 9.03. The molecular weight excluding hydrogens is 204 g/mol. The van der Waals surface area contributed by atoms with Gasteiger partial charge in [0.1, 0.15) is 11.9 Å². The number of anilines is 1. The van der Waals surface area contributed by atoms with Crippen molar-refractivity contribution < 1.29 is 5.11 Å². The van der Waals surface area contributed by atoms with Gasteiger partial charge >= 0.3 is 0 Å². The van der Waals surface area contributed by atoms with E-state index >= 15 is 0 Å². The molecule has 1 aliphatic rings. The fraction of sp³-hybridized carbons (Fsp3) is 0.545. The zero-order chi connectivity index (χ0) is 11.4. The van der Waals surface area contributed by atoms with Crippen LogP contribution in [0.4, 0.5) is 5.82 Å². The second-order valence-electron chi connectivity index (χ2n) is 3.87. The van der Waals surface area contributed by atoms with Gasteiger partial charge in [-0.25, -0.2) is 9.97 Å². The molecule has 1 heterocycles. The highest BCUT2D eigenvalue weighted by Crippen LogP contribution is 2.27. The van der Waals surface area contributed by atoms with Crippen LogP contribution in [0.2, 0.25) is 0 Å². The average molecular weight is 218 g/mol. The maximum Gasteiger partial charge on any atom is 0.158 e. The Kier molecular flexibility index (Phi) is 3.32. The van der Waals surface area contributed by atoms with E-state index in [0.29, 0.717) is 18.3 Å². The Bertz CT molecular complexity index is 380. The van der Waals surface area contributed by atoms with Crippen molar-refractivity contribution in [2.45, 2.75) is 25.3 Å². The van der Waals surface area contributed by atoms with Gasteiger partial charge in [0.2, 0.25) is 0 Å². The van der Waals surface area contributed by atoms with E-state index in [1.165, 1.54) is 12.6 Å². The van der Waals surface area contributed by atoms with Crippen LogP contribution in [-0.4, -0.2) is 34.3 Å². The number of hydrogen-bond donors (Lipinski definition) is 1. The third-order valence-electron chi connectivity index (χ3n) is 2.90. The van der Waals surface area contributed by atoms with E-state index in [1.54, 1.807) is 6.20 Å². The van der Waals surface area contributed by atoms with E-state index in [1.807, 2.05) is 6.07 Å². The fourth-order valence-electron chi connectivity index (χ4n) is 1.82. The Morgan fingerprint density at radius 2 is 2.25 bits per heavy atom. The van der Waals surface area contributed by atoms with Crippen LogP contribution in [0.5, 0.6) is 0 Å². The molecule has 1 aromatic rings. The van der Waals surface area contributed by atoms with Gasteiger partial charge in [-0.1, -0.05) is 0 Å². The van der Waals surface area contributed by atoms with Gasteiger partial charge in [-0.15, -0.1) is 0 Å². The summed E-state index contributed by atoms with van der Waals surface area (Å²) in [6.07, 6.45) is 6.59. The third kappa shape index (κ3) is 2.12. The lowest BCUT2D eigenvalue weighted by molar-refractivity contribution is 0.283. The summed E-state index contributed by atoms with van der Waals surface area (Å²) in [5, 5.41) is 17.7. The van der Waals surface area contributed by atoms with Gasteiger partial charge in [0.25, 0.3) is 0 Å². The molecule has 1 aliphatic carbocycles. The first-order chi connectivity index (χ1) is 7.85. The lowest BCUT2D eigenvalue weighted by Crippen LogP contribution is -2.42. The Balaban J connectivity index is 2.14. The standard InChI is InChI=1S/C11H14N4O/c12-6-9-7-14-11(8-13-9)15(4-5-16)10-2-1-3-10/h7-8,10,16H,1-5H2. The van der Waals surface area contributed by atoms with Gasteiger partial charge in [0, 0.05) is 12.6 Å². The summed E-state index contributed by atoms with van der Waals surface area (Å²) in [4.78, 5) is 10.3. The van der Waals surface area contributed by atoms with Crippen LogP contribution >= 0.6 is 0 Å². The van der Waals surface area contributed by atoms with Crippen LogP contribution in [-0.2, 0) is 0 Å². The minimum absolute atomic E-state index is 0.109. The maximum atomic E-state index is 9.03. The van der Waals surface area contributed by atoms with Crippen LogP contribution < -0.4 is 4.90 Å². The van der Waals surface area contributed by atoms with Crippen molar-refractivity contribution >= 4 is 5.82 Å². The Morgan fingerprint density at radius 3 is 2.69 bits per heavy atom. The van der Waals surface area contributed by atoms with Gasteiger partial charge in [-0.05, 0) is 19.3 Å². The SMILES string of the molecule is N#Cc1cnc(N(CCO)C2CCC2)cn1. The molecule has 0 spiro atoms. The number of nitrogens with zero attached hydrogens (tertiary/aromatic N) is 4. The van der Waals surface area contributed by atoms with Gasteiger partial charge in [0.05, 0.1) is 19.0 Å². The summed E-state index contributed by atoms with van der Waals surface area (Å²) in [7, 11) is 0. The van der Waals surface area contributed by atoms with Crippen molar-refractivity contribution in [2.75, 3.05) is 18.1 Å². The molecule has 1 saturated carbocycles. The molecule has 84 valence electrons. The van der Waals surface area contributed by atoms with Crippen LogP contribution in [0.15, 0.2) is 12.4 Å². The summed E-state index contributed by atoms with van der Waals surface area (Å²) in [6.45, 7) is 0.684. The first kappa shape index (κ1) is 10.8. The van der Waals surface area contributed by atoms with Crippen molar-refractivity contribution in [2.24, 2.45) is 0 Å². The Hall–Kier alpha value is -1.67. The number of nitriles is 1. The van der Waals surface area contributed by atoms with Gasteiger partial charge in [-0.3, -0.25) is 0 Å². The minimum Gasteiger partial charge on any atom is -0.395 e. The second kappa shape index (κ2) is 4.90. The predicted octanol–water partition coefficient (Wildman–Crippen LogP) is 0.699. The van der Waals surface area contributed by atoms with Crippen LogP contribution in [0, 0.1) is 11.3 Å². The highest BCUT2D eigenvalue weighted by molar-refractivity contribution is 5.39. The Morgan fingerprint density at radius 1 is 1.44 bits per heavy atom. The monoisotopic (exact) mass is 218 g/mol. The molecule has 2 rings (SSSR count). The summed E-state index contributed by atoms with van der Waals surface area (Å²) in [6, 6.07) is 2.41. The lowest BCUT2D eigenvalue weighted by atomic mass is 9.91. The smallest absolute Gasteiger partial charge is 0.158 e. The van der Waals surface area contributed by atoms with Crippen molar-refractivity contribution in [3.05, 3.63) is 18.1 Å². The molecule has 1 fully saturated rings. The van der Waals surface area contributed by atoms with Crippen molar-refractivity contribution in [1.82, 2.24) is 9.97 Å². The number of aliphatic hydroxyl groups is 1. The topological polar surface area (TPSA) is 73.0 Å². The van der Waals surface area contributed by atoms with Crippen molar-refractivity contribution in [3.63, 3.8) is 0 Å². The summed E-state index contributed by atoms with van der Waals surface area (Å²) in [5.74, 6) is 0.748. The average Bonchev–Trinajstić information content (AvgIpc) is 2.26. The van der Waals surface area contributed by atoms with Crippen molar-refractivity contribution in [3.8, 4) is 6.07 Å². The molecule has 0 atom stereocenters. The molecule has 16 heavy (non-hydrogen) atoms. The van der Waals surface area contributed by atoms with Crippen LogP contribution in [0.25, 0.3) is 0 Å². The van der Waals surface area contributed by atoms with E-state index in [0.717, 1.165) is 18.7 Å². The number of rotatable bonds is 4. The molecule has 1 aromatic heterocycles. The number of hydrogen-bond acceptors (Lipinski definition) is 5. The van der Waals surface area contributed by atoms with Gasteiger partial charge in [0.15, 0.2) is 5.69 Å². The predicted molar refractivity (Wildman–Crippen MR) is 58.8 cm³/mol. The van der Waals surface area contributed by atoms with Crippen molar-refractivity contribution in [1.29, 1.82) is 5.26 Å². The van der Waals surface area contributed by atoms with Crippen LogP contribution in [0.3, 0.4) is 0 Å². The van der Waals surface area contributed by atoms with Crippen LogP contribution in [0.1, 0.15) is 25.0 Å². The van der Waals surface area contributed by atoms with E-state index in [2.05, 4.69) is 14.9 Å². The zero-order valence-corrected chi connectivity index (χ0v) is 9.00. The quantitative estimate of drug-likeness (QED) is 0.805. The van der Waals surface area contributed by atoms with Gasteiger partial charge < -0.3 is 10.0 Å². The van der Waals surface area contributed by atoms with E-state index in [9.17, 15) is 0 Å². The first-order valence-electron chi connectivity index (χ1n) is 5.45. The highest BCUT2D eigenvalue weighted by Gasteiger charge is 2.25. The third-order valence-corrected chi connectivity index (χ3v) is 2.90. The van der Waals surface area contributed by atoms with E-state index < -0.39 is 0 Å². The summed E-state index contributed by atoms with van der Waals surface area (Å²) >= 11 is 0. The lowest BCUT2D eigenvalue weighted by Gasteiger charge is -2.37. The molecule has 0 saturated heterocycles. The molecule has 0 amide bonds. The molecule has 5 heteroatoms. The largest absolute Gasteiger partial charge is 0.395 e. The second-order valence-corrected chi connectivity index (χ2v) is 3.87. The highest BCUT2D eigenvalue weighted by atomic mass is 16.3. The molecular formula is C11H14N4O. The first-order valence-corrected chi connectivity index (χ1v) is 5.45. The zero-order valence-electron chi connectivity index (χ0n) is 9.00. The number of aromatic nitrogens is 2. The molecule has 0 unspecified atom stereocenters. The van der Waals surface area contributed by atoms with E-state index in [4.69, 9.17) is 10.4 Å². The summed E-state index contributed by atoms with van der Waals surface area (Å²) in [5.41, 5.74) is 0.321.